The number of nitrogens with one attached hydrogen (secondary N) is 1. The number of halogens is 3. The minimum Gasteiger partial charge on any atom is -0.356 e. The van der Waals surface area contributed by atoms with E-state index in [-0.39, 0.29) is 11.0 Å². The first-order chi connectivity index (χ1) is 15.7. The summed E-state index contributed by atoms with van der Waals surface area (Å²) in [4.78, 5) is 14.3. The number of hydrogen-bond acceptors (Lipinski definition) is 7. The second kappa shape index (κ2) is 8.84. The van der Waals surface area contributed by atoms with E-state index in [2.05, 4.69) is 43.3 Å². The Balaban J connectivity index is 1.31. The van der Waals surface area contributed by atoms with Crippen LogP contribution in [0.25, 0.3) is 10.2 Å². The van der Waals surface area contributed by atoms with Crippen LogP contribution in [0.2, 0.25) is 0 Å². The third-order valence-corrected chi connectivity index (χ3v) is 7.74. The first-order valence-corrected chi connectivity index (χ1v) is 12.1. The van der Waals surface area contributed by atoms with Crippen LogP contribution in [0.3, 0.4) is 0 Å². The minimum absolute atomic E-state index is 0.263. The van der Waals surface area contributed by atoms with Crippen LogP contribution < -0.4 is 10.2 Å². The van der Waals surface area contributed by atoms with Crippen molar-refractivity contribution in [3.63, 3.8) is 0 Å². The average Bonchev–Trinajstić information content (AvgIpc) is 3.31. The standard InChI is InChI=1S/C22H28F3N7S/c1-14-29-19-4-6-32(12-16(19)3-5-31(14)11-15-9-28-30(2)10-15)20-18-7-17(8-22(23,24)25)33-21(18)27-13-26-20/h7,9-10,13-14,16,19,29H,3-6,8,11-12H2,1-2H3/t14-,16-,19+/m1/s1. The Kier molecular flexibility index (Phi) is 6.04. The van der Waals surface area contributed by atoms with Gasteiger partial charge < -0.3 is 4.90 Å². The van der Waals surface area contributed by atoms with Gasteiger partial charge in [0.05, 0.1) is 24.2 Å². The highest BCUT2D eigenvalue weighted by molar-refractivity contribution is 7.18. The largest absolute Gasteiger partial charge is 0.393 e. The van der Waals surface area contributed by atoms with Crippen molar-refractivity contribution in [2.45, 2.75) is 51.1 Å². The molecule has 7 nitrogen and oxygen atoms in total. The number of aromatic nitrogens is 4. The summed E-state index contributed by atoms with van der Waals surface area (Å²) >= 11 is 1.11. The topological polar surface area (TPSA) is 62.1 Å². The zero-order chi connectivity index (χ0) is 23.2. The molecule has 2 aliphatic rings. The third kappa shape index (κ3) is 4.99. The lowest BCUT2D eigenvalue weighted by Crippen LogP contribution is -2.52. The predicted octanol–water partition coefficient (Wildman–Crippen LogP) is 3.57. The van der Waals surface area contributed by atoms with Crippen LogP contribution in [0.5, 0.6) is 0 Å². The molecule has 0 bridgehead atoms. The zero-order valence-corrected chi connectivity index (χ0v) is 19.5. The van der Waals surface area contributed by atoms with Crippen molar-refractivity contribution >= 4 is 27.4 Å². The van der Waals surface area contributed by atoms with E-state index < -0.39 is 12.6 Å². The van der Waals surface area contributed by atoms with Gasteiger partial charge in [-0.1, -0.05) is 0 Å². The smallest absolute Gasteiger partial charge is 0.356 e. The molecule has 3 atom stereocenters. The van der Waals surface area contributed by atoms with E-state index in [4.69, 9.17) is 0 Å². The van der Waals surface area contributed by atoms with Crippen molar-refractivity contribution in [1.82, 2.24) is 30.0 Å². The van der Waals surface area contributed by atoms with Crippen LogP contribution in [-0.2, 0) is 20.0 Å². The highest BCUT2D eigenvalue weighted by atomic mass is 32.1. The first-order valence-electron chi connectivity index (χ1n) is 11.3. The van der Waals surface area contributed by atoms with Crippen molar-refractivity contribution in [3.05, 3.63) is 35.2 Å². The molecule has 0 saturated carbocycles. The van der Waals surface area contributed by atoms with Crippen LogP contribution >= 0.6 is 11.3 Å². The summed E-state index contributed by atoms with van der Waals surface area (Å²) in [5, 5.41) is 8.83. The number of thiophene rings is 1. The van der Waals surface area contributed by atoms with Crippen molar-refractivity contribution in [1.29, 1.82) is 0 Å². The molecule has 0 aliphatic carbocycles. The summed E-state index contributed by atoms with van der Waals surface area (Å²) in [6.45, 7) is 5.70. The molecule has 5 rings (SSSR count). The van der Waals surface area contributed by atoms with E-state index >= 15 is 0 Å². The predicted molar refractivity (Wildman–Crippen MR) is 122 cm³/mol. The molecular weight excluding hydrogens is 451 g/mol. The van der Waals surface area contributed by atoms with Crippen LogP contribution in [0, 0.1) is 5.92 Å². The fraction of sp³-hybridized carbons (Fsp3) is 0.591. The SMILES string of the molecule is C[C@@H]1N[C@H]2CCN(c3ncnc4sc(CC(F)(F)F)cc34)C[C@H]2CCN1Cc1cnn(C)c1. The molecule has 2 fully saturated rings. The van der Waals surface area contributed by atoms with E-state index in [0.29, 0.717) is 16.8 Å². The Hall–Kier alpha value is -2.24. The molecule has 5 heterocycles. The van der Waals surface area contributed by atoms with Gasteiger partial charge in [0, 0.05) is 55.9 Å². The normalized spacial score (nSPS) is 24.8. The summed E-state index contributed by atoms with van der Waals surface area (Å²) < 4.78 is 40.5. The van der Waals surface area contributed by atoms with Crippen molar-refractivity contribution in [3.8, 4) is 0 Å². The minimum atomic E-state index is -4.22. The molecule has 0 unspecified atom stereocenters. The van der Waals surface area contributed by atoms with Gasteiger partial charge in [-0.25, -0.2) is 9.97 Å². The van der Waals surface area contributed by atoms with Gasteiger partial charge >= 0.3 is 6.18 Å². The Morgan fingerprint density at radius 3 is 2.82 bits per heavy atom. The Morgan fingerprint density at radius 2 is 2.06 bits per heavy atom. The molecule has 0 aromatic carbocycles. The lowest BCUT2D eigenvalue weighted by atomic mass is 9.89. The van der Waals surface area contributed by atoms with Gasteiger partial charge in [-0.2, -0.15) is 18.3 Å². The molecule has 0 amide bonds. The monoisotopic (exact) mass is 479 g/mol. The van der Waals surface area contributed by atoms with E-state index in [1.54, 1.807) is 6.07 Å². The maximum Gasteiger partial charge on any atom is 0.393 e. The van der Waals surface area contributed by atoms with Gasteiger partial charge in [-0.15, -0.1) is 11.3 Å². The number of alkyl halides is 3. The molecule has 0 spiro atoms. The maximum atomic E-state index is 12.9. The van der Waals surface area contributed by atoms with Gasteiger partial charge in [0.2, 0.25) is 0 Å². The Labute approximate surface area is 194 Å². The van der Waals surface area contributed by atoms with Gasteiger partial charge in [0.25, 0.3) is 0 Å². The van der Waals surface area contributed by atoms with E-state index in [1.807, 2.05) is 17.9 Å². The van der Waals surface area contributed by atoms with Crippen LogP contribution in [-0.4, -0.2) is 62.7 Å². The molecule has 3 aromatic heterocycles. The quantitative estimate of drug-likeness (QED) is 0.618. The molecule has 0 radical (unpaired) electrons. The summed E-state index contributed by atoms with van der Waals surface area (Å²) in [6.07, 6.45) is 2.59. The van der Waals surface area contributed by atoms with E-state index in [0.717, 1.165) is 61.6 Å². The molecular formula is C22H28F3N7S. The van der Waals surface area contributed by atoms with Crippen LogP contribution in [0.1, 0.15) is 30.2 Å². The number of anilines is 1. The van der Waals surface area contributed by atoms with Crippen LogP contribution in [0.4, 0.5) is 19.0 Å². The van der Waals surface area contributed by atoms with Gasteiger partial charge in [-0.05, 0) is 31.7 Å². The van der Waals surface area contributed by atoms with Crippen molar-refractivity contribution in [2.24, 2.45) is 13.0 Å². The molecule has 3 aromatic rings. The second-order valence-corrected chi connectivity index (χ2v) is 10.3. The van der Waals surface area contributed by atoms with Gasteiger partial charge in [0.15, 0.2) is 0 Å². The number of fused-ring (bicyclic) bond motifs is 2. The summed E-state index contributed by atoms with van der Waals surface area (Å²) in [6, 6.07) is 2.04. The summed E-state index contributed by atoms with van der Waals surface area (Å²) in [7, 11) is 1.93. The molecule has 11 heteroatoms. The average molecular weight is 480 g/mol. The molecule has 33 heavy (non-hydrogen) atoms. The van der Waals surface area contributed by atoms with Crippen molar-refractivity contribution < 1.29 is 13.2 Å². The number of piperidine rings is 1. The van der Waals surface area contributed by atoms with Crippen LogP contribution in [0.15, 0.2) is 24.8 Å². The van der Waals surface area contributed by atoms with Gasteiger partial charge in [-0.3, -0.25) is 14.9 Å². The fourth-order valence-electron chi connectivity index (χ4n) is 5.11. The van der Waals surface area contributed by atoms with Gasteiger partial charge in [0.1, 0.15) is 17.0 Å². The number of rotatable bonds is 4. The Morgan fingerprint density at radius 1 is 1.21 bits per heavy atom. The number of hydrogen-bond donors (Lipinski definition) is 1. The number of nitrogens with zero attached hydrogens (tertiary/aromatic N) is 6. The highest BCUT2D eigenvalue weighted by Crippen LogP contribution is 2.36. The molecule has 2 aliphatic heterocycles. The summed E-state index contributed by atoms with van der Waals surface area (Å²) in [5.41, 5.74) is 1.20. The molecule has 178 valence electrons. The Bertz CT molecular complexity index is 1110. The molecule has 2 saturated heterocycles. The summed E-state index contributed by atoms with van der Waals surface area (Å²) in [5.74, 6) is 1.20. The highest BCUT2D eigenvalue weighted by Gasteiger charge is 2.35. The third-order valence-electron chi connectivity index (χ3n) is 6.70. The zero-order valence-electron chi connectivity index (χ0n) is 18.7. The lowest BCUT2D eigenvalue weighted by molar-refractivity contribution is -0.126. The fourth-order valence-corrected chi connectivity index (χ4v) is 6.13. The lowest BCUT2D eigenvalue weighted by Gasteiger charge is -2.39. The molecule has 1 N–H and O–H groups in total. The van der Waals surface area contributed by atoms with E-state index in [9.17, 15) is 13.2 Å². The second-order valence-electron chi connectivity index (χ2n) is 9.15. The maximum absolute atomic E-state index is 12.9. The first kappa shape index (κ1) is 22.5. The van der Waals surface area contributed by atoms with E-state index in [1.165, 1.54) is 11.9 Å². The van der Waals surface area contributed by atoms with Crippen molar-refractivity contribution in [2.75, 3.05) is 24.5 Å². The number of aryl methyl sites for hydroxylation is 1.